The molecule has 110 valence electrons. The summed E-state index contributed by atoms with van der Waals surface area (Å²) in [5.74, 6) is 1.67. The molecule has 1 aromatic rings. The summed E-state index contributed by atoms with van der Waals surface area (Å²) in [6, 6.07) is 6.34. The zero-order valence-corrected chi connectivity index (χ0v) is 12.5. The quantitative estimate of drug-likeness (QED) is 0.922. The van der Waals surface area contributed by atoms with Gasteiger partial charge in [-0.3, -0.25) is 4.79 Å². The molecule has 0 bridgehead atoms. The van der Waals surface area contributed by atoms with E-state index in [4.69, 9.17) is 0 Å². The van der Waals surface area contributed by atoms with Gasteiger partial charge >= 0.3 is 0 Å². The number of rotatable bonds is 3. The van der Waals surface area contributed by atoms with E-state index in [1.807, 2.05) is 36.9 Å². The number of hydrogen-bond acceptors (Lipinski definition) is 3. The molecule has 4 nitrogen and oxygen atoms in total. The molecule has 0 atom stereocenters. The molecule has 2 aliphatic rings. The Labute approximate surface area is 121 Å². The van der Waals surface area contributed by atoms with Crippen LogP contribution in [0.1, 0.15) is 39.5 Å². The molecule has 1 N–H and O–H groups in total. The number of nitrogens with one attached hydrogen (secondary N) is 1. The Morgan fingerprint density at radius 2 is 1.90 bits per heavy atom. The Balaban J connectivity index is 0.000000704. The summed E-state index contributed by atoms with van der Waals surface area (Å²) >= 11 is 0. The van der Waals surface area contributed by atoms with Crippen LogP contribution in [0.4, 0.5) is 5.82 Å². The van der Waals surface area contributed by atoms with Crippen molar-refractivity contribution >= 4 is 11.7 Å². The minimum Gasteiger partial charge on any atom is -0.367 e. The van der Waals surface area contributed by atoms with Crippen LogP contribution in [0.25, 0.3) is 0 Å². The van der Waals surface area contributed by atoms with Gasteiger partial charge in [0.05, 0.1) is 0 Å². The van der Waals surface area contributed by atoms with E-state index in [1.165, 1.54) is 0 Å². The first-order valence-corrected chi connectivity index (χ1v) is 7.79. The van der Waals surface area contributed by atoms with Crippen LogP contribution in [0.15, 0.2) is 24.4 Å². The number of carbonyl (C=O) groups is 1. The van der Waals surface area contributed by atoms with Crippen LogP contribution in [0.3, 0.4) is 0 Å². The monoisotopic (exact) mass is 275 g/mol. The van der Waals surface area contributed by atoms with Gasteiger partial charge in [0, 0.05) is 31.2 Å². The smallest absolute Gasteiger partial charge is 0.225 e. The van der Waals surface area contributed by atoms with Crippen molar-refractivity contribution in [3.63, 3.8) is 0 Å². The number of nitrogens with zero attached hydrogens (tertiary/aromatic N) is 2. The number of piperidine rings is 1. The fourth-order valence-electron chi connectivity index (χ4n) is 2.49. The Bertz CT molecular complexity index is 409. The lowest BCUT2D eigenvalue weighted by Gasteiger charge is -2.32. The Morgan fingerprint density at radius 1 is 1.20 bits per heavy atom. The van der Waals surface area contributed by atoms with Gasteiger partial charge in [-0.05, 0) is 37.8 Å². The van der Waals surface area contributed by atoms with Crippen LogP contribution in [0, 0.1) is 5.92 Å². The zero-order valence-electron chi connectivity index (χ0n) is 12.5. The van der Waals surface area contributed by atoms with Crippen LogP contribution < -0.4 is 5.32 Å². The van der Waals surface area contributed by atoms with E-state index in [1.54, 1.807) is 6.20 Å². The van der Waals surface area contributed by atoms with E-state index in [0.29, 0.717) is 17.9 Å². The molecule has 1 aliphatic carbocycles. The summed E-state index contributed by atoms with van der Waals surface area (Å²) in [6.07, 6.45) is 6.05. The second kappa shape index (κ2) is 7.27. The second-order valence-electron chi connectivity index (χ2n) is 5.23. The average molecular weight is 275 g/mol. The third-order valence-electron chi connectivity index (χ3n) is 3.75. The maximum Gasteiger partial charge on any atom is 0.225 e. The van der Waals surface area contributed by atoms with E-state index in [9.17, 15) is 4.79 Å². The van der Waals surface area contributed by atoms with Crippen LogP contribution in [0.5, 0.6) is 0 Å². The Hall–Kier alpha value is -1.58. The molecular formula is C16H25N3O. The predicted octanol–water partition coefficient (Wildman–Crippen LogP) is 2.92. The number of anilines is 1. The van der Waals surface area contributed by atoms with Crippen LogP contribution in [0.2, 0.25) is 0 Å². The number of pyridine rings is 1. The molecule has 0 unspecified atom stereocenters. The third-order valence-corrected chi connectivity index (χ3v) is 3.75. The fourth-order valence-corrected chi connectivity index (χ4v) is 2.49. The first kappa shape index (κ1) is 14.8. The third kappa shape index (κ3) is 3.95. The first-order valence-electron chi connectivity index (χ1n) is 7.79. The van der Waals surface area contributed by atoms with Crippen LogP contribution in [-0.2, 0) is 4.79 Å². The number of amides is 1. The summed E-state index contributed by atoms with van der Waals surface area (Å²) in [5, 5.41) is 3.44. The molecule has 2 heterocycles. The Kier molecular flexibility index (Phi) is 5.39. The lowest BCUT2D eigenvalue weighted by atomic mass is 10.0. The second-order valence-corrected chi connectivity index (χ2v) is 5.23. The molecule has 2 fully saturated rings. The largest absolute Gasteiger partial charge is 0.367 e. The van der Waals surface area contributed by atoms with E-state index in [0.717, 1.165) is 44.6 Å². The van der Waals surface area contributed by atoms with E-state index in [2.05, 4.69) is 10.3 Å². The summed E-state index contributed by atoms with van der Waals surface area (Å²) in [7, 11) is 0. The summed E-state index contributed by atoms with van der Waals surface area (Å²) in [5.41, 5.74) is 0. The van der Waals surface area contributed by atoms with Crippen molar-refractivity contribution < 1.29 is 4.79 Å². The molecular weight excluding hydrogens is 250 g/mol. The maximum absolute atomic E-state index is 11.9. The summed E-state index contributed by atoms with van der Waals surface area (Å²) < 4.78 is 0. The summed E-state index contributed by atoms with van der Waals surface area (Å²) in [4.78, 5) is 18.2. The highest BCUT2D eigenvalue weighted by atomic mass is 16.2. The highest BCUT2D eigenvalue weighted by Gasteiger charge is 2.34. The van der Waals surface area contributed by atoms with Crippen molar-refractivity contribution in [1.82, 2.24) is 9.88 Å². The lowest BCUT2D eigenvalue weighted by Crippen LogP contribution is -2.43. The highest BCUT2D eigenvalue weighted by Crippen LogP contribution is 2.32. The number of aromatic nitrogens is 1. The van der Waals surface area contributed by atoms with Gasteiger partial charge in [-0.25, -0.2) is 4.98 Å². The molecule has 3 rings (SSSR count). The average Bonchev–Trinajstić information content (AvgIpc) is 3.35. The first-order chi connectivity index (χ1) is 9.83. The minimum absolute atomic E-state index is 0.352. The van der Waals surface area contributed by atoms with Gasteiger partial charge in [0.2, 0.25) is 5.91 Å². The zero-order chi connectivity index (χ0) is 14.4. The van der Waals surface area contributed by atoms with Gasteiger partial charge < -0.3 is 10.2 Å². The molecule has 20 heavy (non-hydrogen) atoms. The number of likely N-dealkylation sites (tertiary alicyclic amines) is 1. The topological polar surface area (TPSA) is 45.2 Å². The lowest BCUT2D eigenvalue weighted by molar-refractivity contribution is -0.133. The molecule has 1 amide bonds. The van der Waals surface area contributed by atoms with Crippen LogP contribution >= 0.6 is 0 Å². The van der Waals surface area contributed by atoms with Gasteiger partial charge in [0.15, 0.2) is 0 Å². The maximum atomic E-state index is 11.9. The minimum atomic E-state index is 0.352. The normalized spacial score (nSPS) is 19.0. The van der Waals surface area contributed by atoms with Crippen molar-refractivity contribution in [2.75, 3.05) is 18.4 Å². The van der Waals surface area contributed by atoms with Crippen LogP contribution in [-0.4, -0.2) is 34.9 Å². The van der Waals surface area contributed by atoms with Crippen molar-refractivity contribution in [3.8, 4) is 0 Å². The molecule has 0 spiro atoms. The predicted molar refractivity (Wildman–Crippen MR) is 81.5 cm³/mol. The number of carbonyl (C=O) groups excluding carboxylic acids is 1. The molecule has 0 radical (unpaired) electrons. The van der Waals surface area contributed by atoms with Crippen molar-refractivity contribution in [2.45, 2.75) is 45.6 Å². The van der Waals surface area contributed by atoms with Gasteiger partial charge in [0.25, 0.3) is 0 Å². The Morgan fingerprint density at radius 3 is 2.45 bits per heavy atom. The molecule has 4 heteroatoms. The van der Waals surface area contributed by atoms with Gasteiger partial charge in [-0.1, -0.05) is 19.9 Å². The fraction of sp³-hybridized carbons (Fsp3) is 0.625. The van der Waals surface area contributed by atoms with E-state index >= 15 is 0 Å². The highest BCUT2D eigenvalue weighted by molar-refractivity contribution is 5.81. The molecule has 1 aromatic heterocycles. The van der Waals surface area contributed by atoms with Gasteiger partial charge in [-0.15, -0.1) is 0 Å². The molecule has 1 saturated heterocycles. The van der Waals surface area contributed by atoms with Gasteiger partial charge in [-0.2, -0.15) is 0 Å². The molecule has 0 aromatic carbocycles. The summed E-state index contributed by atoms with van der Waals surface area (Å²) in [6.45, 7) is 5.78. The van der Waals surface area contributed by atoms with Crippen molar-refractivity contribution in [3.05, 3.63) is 24.4 Å². The van der Waals surface area contributed by atoms with E-state index in [-0.39, 0.29) is 0 Å². The SMILES string of the molecule is CC.O=C(C1CC1)N1CCC(Nc2ccccn2)CC1. The number of hydrogen-bond donors (Lipinski definition) is 1. The molecule has 1 aliphatic heterocycles. The molecule has 1 saturated carbocycles. The standard InChI is InChI=1S/C14H19N3O.C2H6/c18-14(11-4-5-11)17-9-6-12(7-10-17)16-13-3-1-2-8-15-13;1-2/h1-3,8,11-12H,4-7,9-10H2,(H,15,16);1-2H3. The van der Waals surface area contributed by atoms with Crippen molar-refractivity contribution in [1.29, 1.82) is 0 Å². The van der Waals surface area contributed by atoms with Gasteiger partial charge in [0.1, 0.15) is 5.82 Å². The van der Waals surface area contributed by atoms with Crippen molar-refractivity contribution in [2.24, 2.45) is 5.92 Å². The van der Waals surface area contributed by atoms with E-state index < -0.39 is 0 Å².